The first-order chi connectivity index (χ1) is 11.7. The third-order valence-electron chi connectivity index (χ3n) is 4.52. The minimum atomic E-state index is -0.290. The van der Waals surface area contributed by atoms with Gasteiger partial charge in [-0.15, -0.1) is 0 Å². The van der Waals surface area contributed by atoms with Crippen molar-refractivity contribution in [1.29, 1.82) is 0 Å². The molecule has 24 heavy (non-hydrogen) atoms. The average Bonchev–Trinajstić information content (AvgIpc) is 2.94. The molecule has 1 unspecified atom stereocenters. The van der Waals surface area contributed by atoms with Gasteiger partial charge < -0.3 is 15.0 Å². The number of halogens is 2. The molecular formula is C19H18ClFN2O. The Kier molecular flexibility index (Phi) is 3.94. The van der Waals surface area contributed by atoms with Gasteiger partial charge in [-0.2, -0.15) is 0 Å². The van der Waals surface area contributed by atoms with Crippen molar-refractivity contribution in [2.45, 2.75) is 19.4 Å². The average molecular weight is 345 g/mol. The Labute approximate surface area is 144 Å². The number of aromatic nitrogens is 1. The highest BCUT2D eigenvalue weighted by Gasteiger charge is 2.28. The number of nitrogens with one attached hydrogen (secondary N) is 2. The highest BCUT2D eigenvalue weighted by atomic mass is 35.5. The normalized spacial score (nSPS) is 17.0. The Morgan fingerprint density at radius 2 is 2.17 bits per heavy atom. The maximum atomic E-state index is 14.4. The number of ether oxygens (including phenoxy) is 1. The second-order valence-corrected chi connectivity index (χ2v) is 6.34. The minimum Gasteiger partial charge on any atom is -0.494 e. The maximum absolute atomic E-state index is 14.4. The van der Waals surface area contributed by atoms with Crippen LogP contribution >= 0.6 is 11.6 Å². The molecule has 0 radical (unpaired) electrons. The third-order valence-corrected chi connectivity index (χ3v) is 4.85. The predicted molar refractivity (Wildman–Crippen MR) is 94.4 cm³/mol. The first-order valence-corrected chi connectivity index (χ1v) is 8.51. The molecule has 0 aliphatic carbocycles. The molecule has 124 valence electrons. The fraction of sp³-hybridized carbons (Fsp3) is 0.263. The van der Waals surface area contributed by atoms with Crippen molar-refractivity contribution >= 4 is 22.5 Å². The van der Waals surface area contributed by atoms with E-state index in [-0.39, 0.29) is 11.9 Å². The fourth-order valence-corrected chi connectivity index (χ4v) is 3.77. The predicted octanol–water partition coefficient (Wildman–Crippen LogP) is 4.59. The SMILES string of the molecule is CCOc1ccc2[nH]c3c(c2c1)CCNC3c1c(F)cccc1Cl. The van der Waals surface area contributed by atoms with Crippen molar-refractivity contribution in [3.8, 4) is 5.75 Å². The van der Waals surface area contributed by atoms with E-state index in [2.05, 4.69) is 16.4 Å². The van der Waals surface area contributed by atoms with Gasteiger partial charge in [-0.25, -0.2) is 4.39 Å². The molecule has 1 aliphatic heterocycles. The van der Waals surface area contributed by atoms with Gasteiger partial charge in [0.05, 0.1) is 12.6 Å². The van der Waals surface area contributed by atoms with Gasteiger partial charge in [-0.05, 0) is 49.2 Å². The number of aromatic amines is 1. The summed E-state index contributed by atoms with van der Waals surface area (Å²) in [5.74, 6) is 0.562. The fourth-order valence-electron chi connectivity index (χ4n) is 3.50. The molecule has 0 fully saturated rings. The van der Waals surface area contributed by atoms with Crippen molar-refractivity contribution < 1.29 is 9.13 Å². The molecule has 2 aromatic carbocycles. The van der Waals surface area contributed by atoms with Gasteiger partial charge in [-0.3, -0.25) is 0 Å². The zero-order valence-corrected chi connectivity index (χ0v) is 14.1. The Morgan fingerprint density at radius 3 is 2.96 bits per heavy atom. The molecule has 0 saturated carbocycles. The van der Waals surface area contributed by atoms with E-state index in [1.165, 1.54) is 11.6 Å². The summed E-state index contributed by atoms with van der Waals surface area (Å²) in [7, 11) is 0. The van der Waals surface area contributed by atoms with E-state index in [0.717, 1.165) is 35.3 Å². The monoisotopic (exact) mass is 344 g/mol. The van der Waals surface area contributed by atoms with Gasteiger partial charge in [-0.1, -0.05) is 17.7 Å². The molecule has 5 heteroatoms. The van der Waals surface area contributed by atoms with E-state index in [9.17, 15) is 4.39 Å². The smallest absolute Gasteiger partial charge is 0.129 e. The van der Waals surface area contributed by atoms with Crippen LogP contribution in [0.25, 0.3) is 10.9 Å². The molecule has 3 nitrogen and oxygen atoms in total. The van der Waals surface area contributed by atoms with Crippen LogP contribution in [0.3, 0.4) is 0 Å². The van der Waals surface area contributed by atoms with Crippen LogP contribution < -0.4 is 10.1 Å². The second-order valence-electron chi connectivity index (χ2n) is 5.93. The van der Waals surface area contributed by atoms with Crippen LogP contribution in [0, 0.1) is 5.82 Å². The zero-order valence-electron chi connectivity index (χ0n) is 13.3. The third kappa shape index (κ3) is 2.46. The summed E-state index contributed by atoms with van der Waals surface area (Å²) in [4.78, 5) is 3.45. The van der Waals surface area contributed by atoms with Crippen LogP contribution in [-0.2, 0) is 6.42 Å². The summed E-state index contributed by atoms with van der Waals surface area (Å²) in [6.45, 7) is 3.37. The molecule has 0 amide bonds. The topological polar surface area (TPSA) is 37.0 Å². The van der Waals surface area contributed by atoms with Crippen molar-refractivity contribution in [2.24, 2.45) is 0 Å². The Morgan fingerprint density at radius 1 is 1.29 bits per heavy atom. The van der Waals surface area contributed by atoms with E-state index >= 15 is 0 Å². The van der Waals surface area contributed by atoms with Gasteiger partial charge in [0, 0.05) is 33.7 Å². The van der Waals surface area contributed by atoms with E-state index < -0.39 is 0 Å². The largest absolute Gasteiger partial charge is 0.494 e. The summed E-state index contributed by atoms with van der Waals surface area (Å²) in [6, 6.07) is 10.6. The number of fused-ring (bicyclic) bond motifs is 3. The molecule has 2 N–H and O–H groups in total. The first kappa shape index (κ1) is 15.5. The quantitative estimate of drug-likeness (QED) is 0.729. The van der Waals surface area contributed by atoms with Crippen LogP contribution in [0.4, 0.5) is 4.39 Å². The van der Waals surface area contributed by atoms with E-state index in [4.69, 9.17) is 16.3 Å². The number of hydrogen-bond acceptors (Lipinski definition) is 2. The summed E-state index contributed by atoms with van der Waals surface area (Å²) < 4.78 is 20.0. The number of hydrogen-bond donors (Lipinski definition) is 2. The van der Waals surface area contributed by atoms with E-state index in [1.54, 1.807) is 12.1 Å². The Balaban J connectivity index is 1.87. The summed E-state index contributed by atoms with van der Waals surface area (Å²) in [5.41, 5.74) is 3.72. The van der Waals surface area contributed by atoms with Crippen LogP contribution in [0.2, 0.25) is 5.02 Å². The lowest BCUT2D eigenvalue weighted by molar-refractivity contribution is 0.340. The first-order valence-electron chi connectivity index (χ1n) is 8.13. The Hall–Kier alpha value is -2.04. The lowest BCUT2D eigenvalue weighted by atomic mass is 9.94. The molecule has 4 rings (SSSR count). The van der Waals surface area contributed by atoms with Crippen LogP contribution in [0.15, 0.2) is 36.4 Å². The van der Waals surface area contributed by atoms with Crippen LogP contribution in [0.5, 0.6) is 5.75 Å². The summed E-state index contributed by atoms with van der Waals surface area (Å²) in [5, 5.41) is 4.96. The van der Waals surface area contributed by atoms with Gasteiger partial charge in [0.15, 0.2) is 0 Å². The summed E-state index contributed by atoms with van der Waals surface area (Å²) >= 11 is 6.28. The highest BCUT2D eigenvalue weighted by molar-refractivity contribution is 6.31. The van der Waals surface area contributed by atoms with Crippen LogP contribution in [0.1, 0.15) is 29.8 Å². The van der Waals surface area contributed by atoms with Crippen molar-refractivity contribution in [1.82, 2.24) is 10.3 Å². The van der Waals surface area contributed by atoms with E-state index in [1.807, 2.05) is 19.1 Å². The van der Waals surface area contributed by atoms with Crippen molar-refractivity contribution in [2.75, 3.05) is 13.2 Å². The molecule has 1 aliphatic rings. The lowest BCUT2D eigenvalue weighted by Gasteiger charge is -2.26. The van der Waals surface area contributed by atoms with Gasteiger partial charge in [0.1, 0.15) is 11.6 Å². The lowest BCUT2D eigenvalue weighted by Crippen LogP contribution is -2.31. The van der Waals surface area contributed by atoms with E-state index in [0.29, 0.717) is 17.2 Å². The molecule has 2 heterocycles. The standard InChI is InChI=1S/C19H18ClFN2O/c1-2-24-11-6-7-16-13(10-11)12-8-9-22-19(18(12)23-16)17-14(20)4-3-5-15(17)21/h3-7,10,19,22-23H,2,8-9H2,1H3. The maximum Gasteiger partial charge on any atom is 0.129 e. The molecular weight excluding hydrogens is 327 g/mol. The highest BCUT2D eigenvalue weighted by Crippen LogP contribution is 2.38. The number of benzene rings is 2. The van der Waals surface area contributed by atoms with Crippen LogP contribution in [-0.4, -0.2) is 18.1 Å². The molecule has 0 spiro atoms. The minimum absolute atomic E-state index is 0.273. The van der Waals surface area contributed by atoms with Crippen molar-refractivity contribution in [3.05, 3.63) is 64.1 Å². The van der Waals surface area contributed by atoms with Gasteiger partial charge >= 0.3 is 0 Å². The molecule has 1 aromatic heterocycles. The summed E-state index contributed by atoms with van der Waals surface area (Å²) in [6.07, 6.45) is 0.882. The van der Waals surface area contributed by atoms with Gasteiger partial charge in [0.25, 0.3) is 0 Å². The molecule has 1 atom stereocenters. The molecule has 3 aromatic rings. The molecule has 0 saturated heterocycles. The second kappa shape index (κ2) is 6.11. The number of H-pyrrole nitrogens is 1. The molecule has 0 bridgehead atoms. The van der Waals surface area contributed by atoms with Crippen molar-refractivity contribution in [3.63, 3.8) is 0 Å². The van der Waals surface area contributed by atoms with Gasteiger partial charge in [0.2, 0.25) is 0 Å². The Bertz CT molecular complexity index is 886. The zero-order chi connectivity index (χ0) is 16.7. The number of rotatable bonds is 3.